The normalized spacial score (nSPS) is 17.1. The van der Waals surface area contributed by atoms with Gasteiger partial charge in [-0.3, -0.25) is 0 Å². The largest absolute Gasteiger partial charge is 0.454 e. The number of nitrogens with two attached hydrogens (primary N) is 1. The molecule has 1 atom stereocenters. The number of aryl methyl sites for hydroxylation is 1. The Kier molecular flexibility index (Phi) is 3.52. The van der Waals surface area contributed by atoms with E-state index in [2.05, 4.69) is 11.2 Å². The highest BCUT2D eigenvalue weighted by Gasteiger charge is 2.36. The maximum absolute atomic E-state index is 9.78. The molecule has 2 aliphatic heterocycles. The molecule has 3 aromatic rings. The number of allylic oxidation sites excluding steroid dienone is 1. The number of para-hydroxylation sites is 1. The van der Waals surface area contributed by atoms with Crippen LogP contribution in [0.4, 0.5) is 0 Å². The minimum absolute atomic E-state index is 0.0785. The van der Waals surface area contributed by atoms with E-state index in [-0.39, 0.29) is 12.7 Å². The van der Waals surface area contributed by atoms with Gasteiger partial charge in [-0.05, 0) is 36.8 Å². The van der Waals surface area contributed by atoms with Gasteiger partial charge in [-0.2, -0.15) is 10.4 Å². The van der Waals surface area contributed by atoms with Crippen molar-refractivity contribution >= 4 is 0 Å². The van der Waals surface area contributed by atoms with E-state index in [1.807, 2.05) is 55.5 Å². The van der Waals surface area contributed by atoms with Gasteiger partial charge < -0.3 is 19.9 Å². The standard InChI is InChI=1S/C21H16N4O3/c1-12-18-19(13-7-8-16-17(9-13)27-11-26-16)15(10-22)20(23)28-21(18)25(24-12)14-5-3-2-4-6-14/h2-9,19H,11,23H2,1H3/t19-/m1/s1. The van der Waals surface area contributed by atoms with Gasteiger partial charge in [0.25, 0.3) is 0 Å². The van der Waals surface area contributed by atoms with Gasteiger partial charge in [-0.1, -0.05) is 24.3 Å². The highest BCUT2D eigenvalue weighted by atomic mass is 16.7. The van der Waals surface area contributed by atoms with Crippen LogP contribution in [0.2, 0.25) is 0 Å². The number of rotatable bonds is 2. The number of nitrogens with zero attached hydrogens (tertiary/aromatic N) is 3. The predicted molar refractivity (Wildman–Crippen MR) is 100 cm³/mol. The molecule has 2 N–H and O–H groups in total. The van der Waals surface area contributed by atoms with Gasteiger partial charge in [0, 0.05) is 0 Å². The minimum atomic E-state index is -0.402. The van der Waals surface area contributed by atoms with Crippen LogP contribution in [-0.4, -0.2) is 16.6 Å². The Morgan fingerprint density at radius 1 is 1.14 bits per heavy atom. The summed E-state index contributed by atoms with van der Waals surface area (Å²) in [5, 5.41) is 14.4. The molecule has 0 bridgehead atoms. The Morgan fingerprint density at radius 2 is 1.93 bits per heavy atom. The van der Waals surface area contributed by atoms with E-state index in [4.69, 9.17) is 19.9 Å². The van der Waals surface area contributed by atoms with E-state index >= 15 is 0 Å². The lowest BCUT2D eigenvalue weighted by molar-refractivity contribution is 0.174. The molecule has 0 saturated carbocycles. The maximum atomic E-state index is 9.78. The van der Waals surface area contributed by atoms with Gasteiger partial charge in [0.2, 0.25) is 18.6 Å². The molecule has 0 unspecified atom stereocenters. The molecule has 5 rings (SSSR count). The number of nitriles is 1. The number of hydrogen-bond acceptors (Lipinski definition) is 6. The van der Waals surface area contributed by atoms with E-state index in [1.54, 1.807) is 4.68 Å². The van der Waals surface area contributed by atoms with Gasteiger partial charge >= 0.3 is 0 Å². The highest BCUT2D eigenvalue weighted by molar-refractivity contribution is 5.59. The second-order valence-electron chi connectivity index (χ2n) is 6.59. The van der Waals surface area contributed by atoms with Crippen molar-refractivity contribution in [3.8, 4) is 29.1 Å². The summed E-state index contributed by atoms with van der Waals surface area (Å²) >= 11 is 0. The average molecular weight is 372 g/mol. The monoisotopic (exact) mass is 372 g/mol. The van der Waals surface area contributed by atoms with E-state index in [0.29, 0.717) is 23.0 Å². The molecule has 0 aliphatic carbocycles. The van der Waals surface area contributed by atoms with Crippen LogP contribution >= 0.6 is 0 Å². The summed E-state index contributed by atoms with van der Waals surface area (Å²) < 4.78 is 18.5. The Balaban J connectivity index is 1.72. The molecule has 0 spiro atoms. The first-order valence-corrected chi connectivity index (χ1v) is 8.79. The summed E-state index contributed by atoms with van der Waals surface area (Å²) in [4.78, 5) is 0. The third-order valence-corrected chi connectivity index (χ3v) is 4.96. The zero-order valence-corrected chi connectivity index (χ0v) is 15.0. The average Bonchev–Trinajstić information content (AvgIpc) is 3.31. The quantitative estimate of drug-likeness (QED) is 0.743. The van der Waals surface area contributed by atoms with Crippen LogP contribution in [0.5, 0.6) is 17.4 Å². The molecule has 1 aromatic heterocycles. The Bertz CT molecular complexity index is 1160. The predicted octanol–water partition coefficient (Wildman–Crippen LogP) is 3.13. The van der Waals surface area contributed by atoms with Gasteiger partial charge in [0.05, 0.1) is 22.9 Å². The molecule has 0 fully saturated rings. The van der Waals surface area contributed by atoms with Crippen molar-refractivity contribution < 1.29 is 14.2 Å². The summed E-state index contributed by atoms with van der Waals surface area (Å²) in [5.41, 5.74) is 9.78. The molecule has 7 heteroatoms. The van der Waals surface area contributed by atoms with Crippen LogP contribution in [0.25, 0.3) is 5.69 Å². The van der Waals surface area contributed by atoms with Crippen molar-refractivity contribution in [1.82, 2.24) is 9.78 Å². The summed E-state index contributed by atoms with van der Waals surface area (Å²) in [7, 11) is 0. The third kappa shape index (κ3) is 2.32. The SMILES string of the molecule is Cc1nn(-c2ccccc2)c2c1[C@H](c1ccc3c(c1)OCO3)C(C#N)=C(N)O2. The van der Waals surface area contributed by atoms with E-state index in [0.717, 1.165) is 22.5 Å². The number of hydrogen-bond donors (Lipinski definition) is 1. The van der Waals surface area contributed by atoms with Crippen molar-refractivity contribution in [2.24, 2.45) is 5.73 Å². The van der Waals surface area contributed by atoms with Gasteiger partial charge in [-0.15, -0.1) is 0 Å². The number of ether oxygens (including phenoxy) is 3. The summed E-state index contributed by atoms with van der Waals surface area (Å²) in [6.45, 7) is 2.09. The number of aromatic nitrogens is 2. The van der Waals surface area contributed by atoms with Crippen molar-refractivity contribution in [3.63, 3.8) is 0 Å². The Labute approximate surface area is 161 Å². The van der Waals surface area contributed by atoms with Crippen molar-refractivity contribution in [2.45, 2.75) is 12.8 Å². The fourth-order valence-corrected chi connectivity index (χ4v) is 3.68. The van der Waals surface area contributed by atoms with Crippen LogP contribution in [-0.2, 0) is 0 Å². The van der Waals surface area contributed by atoms with Crippen molar-refractivity contribution in [2.75, 3.05) is 6.79 Å². The molecular formula is C21H16N4O3. The first-order valence-electron chi connectivity index (χ1n) is 8.79. The lowest BCUT2D eigenvalue weighted by Gasteiger charge is -2.25. The second-order valence-corrected chi connectivity index (χ2v) is 6.59. The lowest BCUT2D eigenvalue weighted by atomic mass is 9.84. The van der Waals surface area contributed by atoms with Gasteiger partial charge in [0.15, 0.2) is 11.5 Å². The van der Waals surface area contributed by atoms with Gasteiger partial charge in [0.1, 0.15) is 11.6 Å². The molecule has 0 radical (unpaired) electrons. The third-order valence-electron chi connectivity index (χ3n) is 4.96. The smallest absolute Gasteiger partial charge is 0.231 e. The first-order chi connectivity index (χ1) is 13.7. The Morgan fingerprint density at radius 3 is 2.71 bits per heavy atom. The first kappa shape index (κ1) is 16.3. The van der Waals surface area contributed by atoms with Crippen LogP contribution < -0.4 is 19.9 Å². The molecule has 3 heterocycles. The van der Waals surface area contributed by atoms with Crippen LogP contribution in [0.15, 0.2) is 60.0 Å². The molecular weight excluding hydrogens is 356 g/mol. The van der Waals surface area contributed by atoms with Crippen LogP contribution in [0.3, 0.4) is 0 Å². The van der Waals surface area contributed by atoms with Crippen LogP contribution in [0.1, 0.15) is 22.7 Å². The number of benzene rings is 2. The topological polar surface area (TPSA) is 95.3 Å². The molecule has 0 saturated heterocycles. The summed E-state index contributed by atoms with van der Waals surface area (Å²) in [6, 6.07) is 17.5. The van der Waals surface area contributed by atoms with Crippen LogP contribution in [0, 0.1) is 18.3 Å². The van der Waals surface area contributed by atoms with Gasteiger partial charge in [-0.25, -0.2) is 4.68 Å². The summed E-state index contributed by atoms with van der Waals surface area (Å²) in [6.07, 6.45) is 0. The zero-order valence-electron chi connectivity index (χ0n) is 15.0. The highest BCUT2D eigenvalue weighted by Crippen LogP contribution is 2.46. The maximum Gasteiger partial charge on any atom is 0.231 e. The van der Waals surface area contributed by atoms with Crippen molar-refractivity contribution in [3.05, 3.63) is 76.8 Å². The van der Waals surface area contributed by atoms with E-state index in [9.17, 15) is 5.26 Å². The van der Waals surface area contributed by atoms with E-state index in [1.165, 1.54) is 0 Å². The molecule has 2 aromatic carbocycles. The number of fused-ring (bicyclic) bond motifs is 2. The minimum Gasteiger partial charge on any atom is -0.454 e. The summed E-state index contributed by atoms with van der Waals surface area (Å²) in [5.74, 6) is 1.52. The molecule has 138 valence electrons. The second kappa shape index (κ2) is 6.06. The molecule has 7 nitrogen and oxygen atoms in total. The van der Waals surface area contributed by atoms with E-state index < -0.39 is 5.92 Å². The fraction of sp³-hybridized carbons (Fsp3) is 0.143. The zero-order chi connectivity index (χ0) is 19.3. The molecule has 0 amide bonds. The van der Waals surface area contributed by atoms with Crippen molar-refractivity contribution in [1.29, 1.82) is 5.26 Å². The fourth-order valence-electron chi connectivity index (χ4n) is 3.68. The Hall–Kier alpha value is -3.92. The molecule has 2 aliphatic rings. The molecule has 28 heavy (non-hydrogen) atoms. The lowest BCUT2D eigenvalue weighted by Crippen LogP contribution is -2.22.